The van der Waals surface area contributed by atoms with E-state index in [1.807, 2.05) is 0 Å². The van der Waals surface area contributed by atoms with E-state index in [2.05, 4.69) is 24.3 Å². The minimum Gasteiger partial charge on any atom is -0.125 e. The first-order chi connectivity index (χ1) is 6.27. The van der Waals surface area contributed by atoms with E-state index in [0.717, 1.165) is 6.42 Å². The van der Waals surface area contributed by atoms with Gasteiger partial charge in [-0.15, -0.1) is 23.2 Å². The summed E-state index contributed by atoms with van der Waals surface area (Å²) in [5, 5.41) is 0. The highest BCUT2D eigenvalue weighted by Gasteiger charge is 2.66. The molecule has 0 spiro atoms. The first-order valence-corrected chi connectivity index (χ1v) is 5.51. The molecular formula is C11H10Cl2. The van der Waals surface area contributed by atoms with Crippen LogP contribution in [-0.2, 0) is 6.42 Å². The first kappa shape index (κ1) is 8.14. The quantitative estimate of drug-likeness (QED) is 0.628. The van der Waals surface area contributed by atoms with Crippen LogP contribution in [0.15, 0.2) is 24.3 Å². The summed E-state index contributed by atoms with van der Waals surface area (Å²) in [5.41, 5.74) is 2.90. The molecule has 0 nitrogen and oxygen atoms in total. The van der Waals surface area contributed by atoms with Crippen LogP contribution >= 0.6 is 23.2 Å². The molecule has 1 aromatic rings. The zero-order chi connectivity index (χ0) is 9.05. The van der Waals surface area contributed by atoms with E-state index >= 15 is 0 Å². The summed E-state index contributed by atoms with van der Waals surface area (Å²) in [7, 11) is 0. The van der Waals surface area contributed by atoms with Crippen LogP contribution in [0, 0.1) is 5.92 Å². The maximum absolute atomic E-state index is 6.39. The molecule has 2 aliphatic carbocycles. The number of rotatable bonds is 1. The van der Waals surface area contributed by atoms with Gasteiger partial charge in [-0.2, -0.15) is 0 Å². The minimum atomic E-state index is -0.115. The molecule has 1 aromatic carbocycles. The number of hydrogen-bond donors (Lipinski definition) is 0. The second-order valence-electron chi connectivity index (χ2n) is 4.05. The molecular weight excluding hydrogens is 203 g/mol. The van der Waals surface area contributed by atoms with Crippen molar-refractivity contribution in [1.82, 2.24) is 0 Å². The smallest absolute Gasteiger partial charge is 0.0691 e. The zero-order valence-electron chi connectivity index (χ0n) is 7.13. The van der Waals surface area contributed by atoms with Crippen molar-refractivity contribution >= 4 is 23.2 Å². The number of halogens is 2. The number of benzene rings is 1. The van der Waals surface area contributed by atoms with Crippen molar-refractivity contribution in [3.05, 3.63) is 35.4 Å². The van der Waals surface area contributed by atoms with Crippen molar-refractivity contribution in [3.8, 4) is 0 Å². The topological polar surface area (TPSA) is 0 Å². The Labute approximate surface area is 87.9 Å². The fourth-order valence-corrected chi connectivity index (χ4v) is 3.46. The molecule has 2 aliphatic rings. The van der Waals surface area contributed by atoms with Crippen LogP contribution in [0.3, 0.4) is 0 Å². The molecule has 0 aliphatic heterocycles. The second kappa shape index (κ2) is 2.43. The summed E-state index contributed by atoms with van der Waals surface area (Å²) in [6.45, 7) is 0. The van der Waals surface area contributed by atoms with Gasteiger partial charge in [0.15, 0.2) is 0 Å². The monoisotopic (exact) mass is 212 g/mol. The maximum Gasteiger partial charge on any atom is 0.0691 e. The number of hydrogen-bond acceptors (Lipinski definition) is 0. The Bertz CT molecular complexity index is 361. The second-order valence-corrected chi connectivity index (χ2v) is 5.02. The van der Waals surface area contributed by atoms with Gasteiger partial charge in [-0.1, -0.05) is 24.3 Å². The van der Waals surface area contributed by atoms with E-state index in [1.54, 1.807) is 0 Å². The summed E-state index contributed by atoms with van der Waals surface area (Å²) in [6, 6.07) is 8.58. The summed E-state index contributed by atoms with van der Waals surface area (Å²) in [4.78, 5) is -0.115. The highest BCUT2D eigenvalue weighted by Crippen LogP contribution is 2.68. The summed E-state index contributed by atoms with van der Waals surface area (Å²) in [5.74, 6) is 1.71. The Kier molecular flexibility index (Phi) is 1.52. The van der Waals surface area contributed by atoms with E-state index in [1.165, 1.54) is 11.1 Å². The molecule has 2 heteroatoms. The highest BCUT2D eigenvalue weighted by molar-refractivity contribution is 6.33. The summed E-state index contributed by atoms with van der Waals surface area (Å²) in [6.07, 6.45) is 1.12. The third kappa shape index (κ3) is 0.884. The lowest BCUT2D eigenvalue weighted by molar-refractivity contribution is 0.784. The molecule has 0 heterocycles. The van der Waals surface area contributed by atoms with Crippen LogP contribution < -0.4 is 0 Å². The van der Waals surface area contributed by atoms with Crippen molar-refractivity contribution in [1.29, 1.82) is 0 Å². The van der Waals surface area contributed by atoms with Crippen molar-refractivity contribution in [2.24, 2.45) is 5.92 Å². The van der Waals surface area contributed by atoms with Crippen LogP contribution in [0.25, 0.3) is 0 Å². The third-order valence-corrected chi connectivity index (χ3v) is 4.69. The van der Waals surface area contributed by atoms with E-state index in [4.69, 9.17) is 23.2 Å². The first-order valence-electron chi connectivity index (χ1n) is 4.60. The molecule has 0 unspecified atom stereocenters. The molecule has 3 rings (SSSR count). The molecule has 1 fully saturated rings. The molecule has 68 valence electrons. The van der Waals surface area contributed by atoms with Gasteiger partial charge in [0.05, 0.1) is 4.87 Å². The zero-order valence-corrected chi connectivity index (χ0v) is 8.65. The largest absolute Gasteiger partial charge is 0.125 e. The van der Waals surface area contributed by atoms with Gasteiger partial charge in [-0.25, -0.2) is 0 Å². The van der Waals surface area contributed by atoms with Crippen LogP contribution in [0.2, 0.25) is 0 Å². The normalized spacial score (nSPS) is 39.8. The van der Waals surface area contributed by atoms with Gasteiger partial charge in [-0.05, 0) is 23.5 Å². The highest BCUT2D eigenvalue weighted by atomic mass is 35.5. The summed E-state index contributed by atoms with van der Waals surface area (Å²) >= 11 is 12.3. The Hall–Kier alpha value is -0.200. The van der Waals surface area contributed by atoms with Gasteiger partial charge in [0.25, 0.3) is 0 Å². The van der Waals surface area contributed by atoms with Crippen LogP contribution in [0.1, 0.15) is 17.0 Å². The van der Waals surface area contributed by atoms with Crippen molar-refractivity contribution in [2.45, 2.75) is 17.2 Å². The van der Waals surface area contributed by atoms with Crippen LogP contribution in [-0.4, -0.2) is 10.8 Å². The molecule has 0 saturated heterocycles. The average Bonchev–Trinajstić information content (AvgIpc) is 2.60. The predicted octanol–water partition coefficient (Wildman–Crippen LogP) is 3.17. The van der Waals surface area contributed by atoms with Crippen molar-refractivity contribution in [3.63, 3.8) is 0 Å². The molecule has 0 aromatic heterocycles. The van der Waals surface area contributed by atoms with Gasteiger partial charge in [-0.3, -0.25) is 0 Å². The van der Waals surface area contributed by atoms with E-state index < -0.39 is 0 Å². The molecule has 13 heavy (non-hydrogen) atoms. The fraction of sp³-hybridized carbons (Fsp3) is 0.455. The molecule has 0 radical (unpaired) electrons. The number of alkyl halides is 2. The van der Waals surface area contributed by atoms with Gasteiger partial charge >= 0.3 is 0 Å². The molecule has 0 bridgehead atoms. The lowest BCUT2D eigenvalue weighted by Gasteiger charge is -2.10. The predicted molar refractivity (Wildman–Crippen MR) is 55.7 cm³/mol. The fourth-order valence-electron chi connectivity index (χ4n) is 2.69. The Morgan fingerprint density at radius 2 is 2.15 bits per heavy atom. The molecule has 0 N–H and O–H groups in total. The van der Waals surface area contributed by atoms with Crippen LogP contribution in [0.5, 0.6) is 0 Å². The number of fused-ring (bicyclic) bond motifs is 3. The van der Waals surface area contributed by atoms with Crippen molar-refractivity contribution in [2.75, 3.05) is 5.88 Å². The van der Waals surface area contributed by atoms with E-state index in [9.17, 15) is 0 Å². The maximum atomic E-state index is 6.39. The van der Waals surface area contributed by atoms with Gasteiger partial charge in [0.1, 0.15) is 0 Å². The Morgan fingerprint density at radius 3 is 2.92 bits per heavy atom. The van der Waals surface area contributed by atoms with Gasteiger partial charge < -0.3 is 0 Å². The van der Waals surface area contributed by atoms with Crippen LogP contribution in [0.4, 0.5) is 0 Å². The Balaban J connectivity index is 2.04. The average molecular weight is 213 g/mol. The van der Waals surface area contributed by atoms with Crippen molar-refractivity contribution < 1.29 is 0 Å². The lowest BCUT2D eigenvalue weighted by Crippen LogP contribution is -2.10. The molecule has 1 saturated carbocycles. The summed E-state index contributed by atoms with van der Waals surface area (Å²) < 4.78 is 0. The van der Waals surface area contributed by atoms with E-state index in [-0.39, 0.29) is 4.87 Å². The minimum absolute atomic E-state index is 0.115. The molecule has 0 amide bonds. The Morgan fingerprint density at radius 1 is 1.38 bits per heavy atom. The SMILES string of the molecule is ClC[C@@]1(Cl)[C@@H]2c3ccccc3C[C@@H]21. The van der Waals surface area contributed by atoms with E-state index in [0.29, 0.717) is 17.7 Å². The lowest BCUT2D eigenvalue weighted by atomic mass is 10.0. The molecule has 3 atom stereocenters. The third-order valence-electron chi connectivity index (χ3n) is 3.46. The standard InChI is InChI=1S/C11H10Cl2/c12-6-11(13)9-5-7-3-1-2-4-8(7)10(9)11/h1-4,9-10H,5-6H2/t9-,10+,11-/m0/s1. The van der Waals surface area contributed by atoms with Gasteiger partial charge in [0, 0.05) is 11.8 Å². The van der Waals surface area contributed by atoms with Gasteiger partial charge in [0.2, 0.25) is 0 Å².